The number of nitrogen functional groups attached to an aromatic ring is 2. The van der Waals surface area contributed by atoms with Gasteiger partial charge in [-0.1, -0.05) is 36.4 Å². The summed E-state index contributed by atoms with van der Waals surface area (Å²) in [6.07, 6.45) is 7.47. The van der Waals surface area contributed by atoms with Crippen LogP contribution in [0.15, 0.2) is 85.2 Å². The fraction of sp³-hybridized carbons (Fsp3) is 0.103. The molecule has 0 unspecified atom stereocenters. The van der Waals surface area contributed by atoms with Gasteiger partial charge in [0.05, 0.1) is 28.2 Å². The number of aromatic nitrogens is 2. The SMILES string of the molecule is N#C/C(=C\C1CC1)c1cc(-c2ncc(-c3ccc(Oc4ccccc4)cc3)c(C(=N)N)c2N)ccn1. The van der Waals surface area contributed by atoms with Gasteiger partial charge in [0.1, 0.15) is 23.4 Å². The monoisotopic (exact) mass is 472 g/mol. The number of amidine groups is 1. The number of para-hydroxylation sites is 1. The molecule has 5 rings (SSSR count). The van der Waals surface area contributed by atoms with E-state index in [0.717, 1.165) is 24.2 Å². The molecule has 1 saturated carbocycles. The molecule has 2 heterocycles. The van der Waals surface area contributed by atoms with Crippen molar-refractivity contribution in [3.8, 4) is 40.0 Å². The first-order valence-corrected chi connectivity index (χ1v) is 11.6. The maximum atomic E-state index is 9.60. The summed E-state index contributed by atoms with van der Waals surface area (Å²) in [6, 6.07) is 22.8. The molecule has 2 aromatic carbocycles. The van der Waals surface area contributed by atoms with Gasteiger partial charge in [0.2, 0.25) is 0 Å². The standard InChI is InChI=1S/C29H24N6O/c30-16-21(14-18-6-7-18)25-15-20(12-13-34-25)28-27(31)26(29(32)33)24(17-35-28)19-8-10-23(11-9-19)36-22-4-2-1-3-5-22/h1-5,8-15,17-18H,6-7,31H2,(H3,32,33)/b21-14+. The zero-order valence-electron chi connectivity index (χ0n) is 19.5. The van der Waals surface area contributed by atoms with Gasteiger partial charge in [-0.25, -0.2) is 0 Å². The highest BCUT2D eigenvalue weighted by molar-refractivity contribution is 6.08. The first-order chi connectivity index (χ1) is 17.5. The third-order valence-corrected chi connectivity index (χ3v) is 5.98. The van der Waals surface area contributed by atoms with E-state index >= 15 is 0 Å². The predicted molar refractivity (Wildman–Crippen MR) is 141 cm³/mol. The molecule has 0 amide bonds. The quantitative estimate of drug-likeness (QED) is 0.177. The molecule has 7 heteroatoms. The van der Waals surface area contributed by atoms with Crippen LogP contribution in [0.4, 0.5) is 5.69 Å². The van der Waals surface area contributed by atoms with Crippen molar-refractivity contribution >= 4 is 17.1 Å². The Morgan fingerprint density at radius 3 is 2.39 bits per heavy atom. The van der Waals surface area contributed by atoms with Gasteiger partial charge >= 0.3 is 0 Å². The first kappa shape index (κ1) is 22.8. The number of allylic oxidation sites excluding steroid dienone is 2. The predicted octanol–water partition coefficient (Wildman–Crippen LogP) is 5.79. The number of nitrogens with one attached hydrogen (secondary N) is 1. The fourth-order valence-corrected chi connectivity index (χ4v) is 4.00. The van der Waals surface area contributed by atoms with Crippen LogP contribution in [0.5, 0.6) is 11.5 Å². The fourth-order valence-electron chi connectivity index (χ4n) is 4.00. The number of nitriles is 1. The van der Waals surface area contributed by atoms with Gasteiger partial charge in [0.25, 0.3) is 0 Å². The number of pyridine rings is 2. The lowest BCUT2D eigenvalue weighted by atomic mass is 9.96. The highest BCUT2D eigenvalue weighted by Gasteiger charge is 2.21. The summed E-state index contributed by atoms with van der Waals surface area (Å²) in [5, 5.41) is 17.8. The van der Waals surface area contributed by atoms with Crippen LogP contribution in [0.25, 0.3) is 28.0 Å². The second-order valence-corrected chi connectivity index (χ2v) is 8.62. The van der Waals surface area contributed by atoms with Crippen molar-refractivity contribution in [3.63, 3.8) is 0 Å². The molecular formula is C29H24N6O. The third kappa shape index (κ3) is 4.79. The van der Waals surface area contributed by atoms with Gasteiger partial charge in [-0.15, -0.1) is 0 Å². The molecule has 0 aliphatic heterocycles. The molecule has 7 nitrogen and oxygen atoms in total. The lowest BCUT2D eigenvalue weighted by Crippen LogP contribution is -2.16. The van der Waals surface area contributed by atoms with E-state index in [-0.39, 0.29) is 5.84 Å². The Bertz CT molecular complexity index is 1500. The molecule has 1 fully saturated rings. The number of nitrogens with two attached hydrogens (primary N) is 2. The van der Waals surface area contributed by atoms with E-state index in [1.165, 1.54) is 0 Å². The number of nitrogens with zero attached hydrogens (tertiary/aromatic N) is 3. The largest absolute Gasteiger partial charge is 0.457 e. The molecule has 0 atom stereocenters. The van der Waals surface area contributed by atoms with Gasteiger partial charge < -0.3 is 16.2 Å². The summed E-state index contributed by atoms with van der Waals surface area (Å²) >= 11 is 0. The summed E-state index contributed by atoms with van der Waals surface area (Å²) in [7, 11) is 0. The molecular weight excluding hydrogens is 448 g/mol. The van der Waals surface area contributed by atoms with Crippen LogP contribution in [-0.4, -0.2) is 15.8 Å². The topological polar surface area (TPSA) is 135 Å². The van der Waals surface area contributed by atoms with Crippen molar-refractivity contribution in [1.82, 2.24) is 9.97 Å². The minimum Gasteiger partial charge on any atom is -0.457 e. The molecule has 1 aliphatic carbocycles. The molecule has 2 aromatic heterocycles. The van der Waals surface area contributed by atoms with E-state index in [1.807, 2.05) is 60.7 Å². The van der Waals surface area contributed by atoms with Crippen LogP contribution in [-0.2, 0) is 0 Å². The minimum atomic E-state index is -0.156. The number of hydrogen-bond donors (Lipinski definition) is 3. The van der Waals surface area contributed by atoms with Gasteiger partial charge in [-0.3, -0.25) is 15.4 Å². The molecule has 0 bridgehead atoms. The molecule has 36 heavy (non-hydrogen) atoms. The Hall–Kier alpha value is -4.96. The first-order valence-electron chi connectivity index (χ1n) is 11.6. The van der Waals surface area contributed by atoms with Crippen LogP contribution in [0.3, 0.4) is 0 Å². The second-order valence-electron chi connectivity index (χ2n) is 8.62. The molecule has 176 valence electrons. The number of benzene rings is 2. The Balaban J connectivity index is 1.49. The van der Waals surface area contributed by atoms with Gasteiger partial charge in [-0.2, -0.15) is 5.26 Å². The smallest absolute Gasteiger partial charge is 0.127 e. The van der Waals surface area contributed by atoms with Crippen LogP contribution in [0.1, 0.15) is 24.1 Å². The van der Waals surface area contributed by atoms with Gasteiger partial charge in [0, 0.05) is 23.5 Å². The average molecular weight is 473 g/mol. The van der Waals surface area contributed by atoms with Crippen LogP contribution < -0.4 is 16.2 Å². The second kappa shape index (κ2) is 9.72. The summed E-state index contributed by atoms with van der Waals surface area (Å²) in [4.78, 5) is 8.99. The lowest BCUT2D eigenvalue weighted by molar-refractivity contribution is 0.483. The van der Waals surface area contributed by atoms with Crippen molar-refractivity contribution in [2.75, 3.05) is 5.73 Å². The zero-order chi connectivity index (χ0) is 25.1. The third-order valence-electron chi connectivity index (χ3n) is 5.98. The molecule has 0 spiro atoms. The van der Waals surface area contributed by atoms with E-state index < -0.39 is 0 Å². The van der Waals surface area contributed by atoms with Crippen LogP contribution in [0, 0.1) is 22.7 Å². The maximum absolute atomic E-state index is 9.60. The summed E-state index contributed by atoms with van der Waals surface area (Å²) in [5.41, 5.74) is 17.0. The molecule has 4 aromatic rings. The number of rotatable bonds is 7. The number of anilines is 1. The van der Waals surface area contributed by atoms with Crippen molar-refractivity contribution in [3.05, 3.63) is 96.5 Å². The minimum absolute atomic E-state index is 0.156. The summed E-state index contributed by atoms with van der Waals surface area (Å²) in [6.45, 7) is 0. The normalized spacial score (nSPS) is 13.1. The lowest BCUT2D eigenvalue weighted by Gasteiger charge is -2.15. The summed E-state index contributed by atoms with van der Waals surface area (Å²) in [5.74, 6) is 1.72. The van der Waals surface area contributed by atoms with Gasteiger partial charge in [0.15, 0.2) is 0 Å². The van der Waals surface area contributed by atoms with E-state index in [0.29, 0.717) is 51.0 Å². The Morgan fingerprint density at radius 2 is 1.72 bits per heavy atom. The highest BCUT2D eigenvalue weighted by Crippen LogP contribution is 2.36. The van der Waals surface area contributed by atoms with Crippen molar-refractivity contribution in [1.29, 1.82) is 10.7 Å². The molecule has 1 aliphatic rings. The summed E-state index contributed by atoms with van der Waals surface area (Å²) < 4.78 is 5.87. The molecule has 0 saturated heterocycles. The van der Waals surface area contributed by atoms with E-state index in [9.17, 15) is 5.26 Å². The Morgan fingerprint density at radius 1 is 1.00 bits per heavy atom. The molecule has 5 N–H and O–H groups in total. The van der Waals surface area contributed by atoms with Crippen molar-refractivity contribution in [2.45, 2.75) is 12.8 Å². The van der Waals surface area contributed by atoms with Crippen molar-refractivity contribution in [2.24, 2.45) is 11.7 Å². The number of ether oxygens (including phenoxy) is 1. The molecule has 0 radical (unpaired) electrons. The van der Waals surface area contributed by atoms with Crippen LogP contribution in [0.2, 0.25) is 0 Å². The number of hydrogen-bond acceptors (Lipinski definition) is 6. The van der Waals surface area contributed by atoms with E-state index in [2.05, 4.69) is 16.0 Å². The maximum Gasteiger partial charge on any atom is 0.127 e. The van der Waals surface area contributed by atoms with E-state index in [1.54, 1.807) is 24.5 Å². The zero-order valence-corrected chi connectivity index (χ0v) is 19.5. The van der Waals surface area contributed by atoms with Crippen LogP contribution >= 0.6 is 0 Å². The Kier molecular flexibility index (Phi) is 6.16. The van der Waals surface area contributed by atoms with Gasteiger partial charge in [-0.05, 0) is 60.7 Å². The Labute approximate surface area is 209 Å². The highest BCUT2D eigenvalue weighted by atomic mass is 16.5. The van der Waals surface area contributed by atoms with E-state index in [4.69, 9.17) is 21.6 Å². The van der Waals surface area contributed by atoms with Crippen molar-refractivity contribution < 1.29 is 4.74 Å². The average Bonchev–Trinajstić information content (AvgIpc) is 3.72.